The molecule has 0 saturated carbocycles. The number of rotatable bonds is 5. The number of aliphatic hydroxyl groups is 2. The number of halogens is 1. The first-order chi connectivity index (χ1) is 11.6. The molecule has 2 aromatic rings. The van der Waals surface area contributed by atoms with Crippen LogP contribution < -0.4 is 0 Å². The predicted octanol–water partition coefficient (Wildman–Crippen LogP) is 2.46. The van der Waals surface area contributed by atoms with E-state index in [-0.39, 0.29) is 24.3 Å². The lowest BCUT2D eigenvalue weighted by atomic mass is 9.95. The van der Waals surface area contributed by atoms with Crippen LogP contribution in [0.2, 0.25) is 0 Å². The highest BCUT2D eigenvalue weighted by atomic mass is 32.1. The van der Waals surface area contributed by atoms with Crippen LogP contribution in [0, 0.1) is 5.82 Å². The Morgan fingerprint density at radius 1 is 1.25 bits per heavy atom. The van der Waals surface area contributed by atoms with Gasteiger partial charge in [0.2, 0.25) is 5.78 Å². The molecule has 5 nitrogen and oxygen atoms in total. The van der Waals surface area contributed by atoms with Gasteiger partial charge in [0.05, 0.1) is 23.1 Å². The van der Waals surface area contributed by atoms with E-state index in [1.165, 1.54) is 29.5 Å². The topological polar surface area (TPSA) is 77.8 Å². The SMILES string of the molecule is O=C(C1=C(O)C(=O)N(CCO)C1c1ccccc1F)c1cccs1. The molecule has 2 heterocycles. The highest BCUT2D eigenvalue weighted by molar-refractivity contribution is 7.12. The molecular formula is C17H14FNO4S. The van der Waals surface area contributed by atoms with Crippen LogP contribution in [0.1, 0.15) is 21.3 Å². The highest BCUT2D eigenvalue weighted by Gasteiger charge is 2.44. The van der Waals surface area contributed by atoms with Crippen molar-refractivity contribution in [3.05, 3.63) is 69.4 Å². The van der Waals surface area contributed by atoms with E-state index in [2.05, 4.69) is 0 Å². The smallest absolute Gasteiger partial charge is 0.290 e. The van der Waals surface area contributed by atoms with Crippen molar-refractivity contribution in [3.63, 3.8) is 0 Å². The summed E-state index contributed by atoms with van der Waals surface area (Å²) in [4.78, 5) is 26.5. The Kier molecular flexibility index (Phi) is 4.46. The molecule has 1 aliphatic rings. The van der Waals surface area contributed by atoms with Crippen molar-refractivity contribution in [2.45, 2.75) is 6.04 Å². The van der Waals surface area contributed by atoms with E-state index in [1.54, 1.807) is 23.6 Å². The van der Waals surface area contributed by atoms with Crippen molar-refractivity contribution in [1.82, 2.24) is 4.90 Å². The second kappa shape index (κ2) is 6.54. The fourth-order valence-corrected chi connectivity index (χ4v) is 3.46. The standard InChI is InChI=1S/C17H14FNO4S/c18-11-5-2-1-4-10(11)14-13(15(21)12-6-3-9-24-12)16(22)17(23)19(14)7-8-20/h1-6,9,14,20,22H,7-8H2. The molecule has 0 radical (unpaired) electrons. The van der Waals surface area contributed by atoms with E-state index >= 15 is 0 Å². The minimum absolute atomic E-state index is 0.100. The van der Waals surface area contributed by atoms with Gasteiger partial charge in [0.15, 0.2) is 5.76 Å². The molecule has 1 unspecified atom stereocenters. The van der Waals surface area contributed by atoms with Gasteiger partial charge in [0.25, 0.3) is 5.91 Å². The summed E-state index contributed by atoms with van der Waals surface area (Å²) in [6.07, 6.45) is 0. The van der Waals surface area contributed by atoms with Gasteiger partial charge in [-0.05, 0) is 17.5 Å². The van der Waals surface area contributed by atoms with E-state index < -0.39 is 29.3 Å². The number of carbonyl (C=O) groups excluding carboxylic acids is 2. The first-order valence-corrected chi connectivity index (χ1v) is 8.11. The normalized spacial score (nSPS) is 17.7. The molecule has 3 rings (SSSR count). The summed E-state index contributed by atoms with van der Waals surface area (Å²) in [5.74, 6) is -2.61. The fraction of sp³-hybridized carbons (Fsp3) is 0.176. The van der Waals surface area contributed by atoms with E-state index in [0.29, 0.717) is 4.88 Å². The Morgan fingerprint density at radius 2 is 2.00 bits per heavy atom. The fourth-order valence-electron chi connectivity index (χ4n) is 2.78. The summed E-state index contributed by atoms with van der Waals surface area (Å²) in [6, 6.07) is 7.94. The van der Waals surface area contributed by atoms with E-state index in [4.69, 9.17) is 0 Å². The Labute approximate surface area is 141 Å². The number of nitrogens with zero attached hydrogens (tertiary/aromatic N) is 1. The maximum Gasteiger partial charge on any atom is 0.290 e. The van der Waals surface area contributed by atoms with Crippen LogP contribution in [0.4, 0.5) is 4.39 Å². The van der Waals surface area contributed by atoms with Crippen LogP contribution in [-0.4, -0.2) is 40.0 Å². The first-order valence-electron chi connectivity index (χ1n) is 7.23. The van der Waals surface area contributed by atoms with Gasteiger partial charge in [0.1, 0.15) is 5.82 Å². The quantitative estimate of drug-likeness (QED) is 0.815. The maximum atomic E-state index is 14.3. The third-order valence-electron chi connectivity index (χ3n) is 3.83. The van der Waals surface area contributed by atoms with Crippen LogP contribution in [0.5, 0.6) is 0 Å². The molecule has 7 heteroatoms. The third kappa shape index (κ3) is 2.61. The van der Waals surface area contributed by atoms with Crippen molar-refractivity contribution in [3.8, 4) is 0 Å². The largest absolute Gasteiger partial charge is 0.503 e. The van der Waals surface area contributed by atoms with Gasteiger partial charge in [-0.3, -0.25) is 9.59 Å². The Hall–Kier alpha value is -2.51. The molecule has 0 spiro atoms. The van der Waals surface area contributed by atoms with Crippen molar-refractivity contribution >= 4 is 23.0 Å². The van der Waals surface area contributed by atoms with Gasteiger partial charge >= 0.3 is 0 Å². The van der Waals surface area contributed by atoms with Crippen LogP contribution in [0.15, 0.2) is 53.1 Å². The van der Waals surface area contributed by atoms with Crippen LogP contribution in [0.25, 0.3) is 0 Å². The number of β-amino-alcohol motifs (C(OH)–C–C–N with tert-alkyl or cyclic N) is 1. The number of thiophene rings is 1. The van der Waals surface area contributed by atoms with Gasteiger partial charge in [-0.2, -0.15) is 0 Å². The molecule has 0 saturated heterocycles. The zero-order valence-corrected chi connectivity index (χ0v) is 13.3. The van der Waals surface area contributed by atoms with E-state index in [9.17, 15) is 24.2 Å². The molecule has 1 atom stereocenters. The number of amides is 1. The molecule has 2 N–H and O–H groups in total. The number of carbonyl (C=O) groups is 2. The number of ketones is 1. The van der Waals surface area contributed by atoms with Gasteiger partial charge < -0.3 is 15.1 Å². The lowest BCUT2D eigenvalue weighted by Gasteiger charge is -2.26. The van der Waals surface area contributed by atoms with E-state index in [1.807, 2.05) is 0 Å². The van der Waals surface area contributed by atoms with Crippen LogP contribution in [-0.2, 0) is 4.79 Å². The lowest BCUT2D eigenvalue weighted by molar-refractivity contribution is -0.129. The number of Topliss-reactive ketones (excluding diaryl/α,β-unsaturated/α-hetero) is 1. The Bertz CT molecular complexity index is 816. The monoisotopic (exact) mass is 347 g/mol. The average Bonchev–Trinajstić information content (AvgIpc) is 3.18. The molecule has 0 fully saturated rings. The van der Waals surface area contributed by atoms with Crippen LogP contribution >= 0.6 is 11.3 Å². The molecule has 24 heavy (non-hydrogen) atoms. The molecular weight excluding hydrogens is 333 g/mol. The van der Waals surface area contributed by atoms with Crippen molar-refractivity contribution in [1.29, 1.82) is 0 Å². The molecule has 0 bridgehead atoms. The zero-order chi connectivity index (χ0) is 17.3. The van der Waals surface area contributed by atoms with Crippen molar-refractivity contribution in [2.75, 3.05) is 13.2 Å². The van der Waals surface area contributed by atoms with Gasteiger partial charge in [-0.15, -0.1) is 11.3 Å². The predicted molar refractivity (Wildman–Crippen MR) is 86.2 cm³/mol. The minimum Gasteiger partial charge on any atom is -0.503 e. The van der Waals surface area contributed by atoms with Crippen LogP contribution in [0.3, 0.4) is 0 Å². The summed E-state index contributed by atoms with van der Waals surface area (Å²) < 4.78 is 14.3. The summed E-state index contributed by atoms with van der Waals surface area (Å²) in [6.45, 7) is -0.493. The Balaban J connectivity index is 2.14. The third-order valence-corrected chi connectivity index (χ3v) is 4.70. The number of aliphatic hydroxyl groups excluding tert-OH is 2. The Morgan fingerprint density at radius 3 is 2.62 bits per heavy atom. The second-order valence-electron chi connectivity index (χ2n) is 5.21. The number of hydrogen-bond acceptors (Lipinski definition) is 5. The summed E-state index contributed by atoms with van der Waals surface area (Å²) >= 11 is 1.17. The highest BCUT2D eigenvalue weighted by Crippen LogP contribution is 2.40. The molecule has 1 amide bonds. The lowest BCUT2D eigenvalue weighted by Crippen LogP contribution is -2.34. The van der Waals surface area contributed by atoms with Gasteiger partial charge in [-0.25, -0.2) is 4.39 Å². The first kappa shape index (κ1) is 16.4. The zero-order valence-electron chi connectivity index (χ0n) is 12.5. The maximum absolute atomic E-state index is 14.3. The van der Waals surface area contributed by atoms with Gasteiger partial charge in [-0.1, -0.05) is 24.3 Å². The molecule has 124 valence electrons. The summed E-state index contributed by atoms with van der Waals surface area (Å²) in [7, 11) is 0. The van der Waals surface area contributed by atoms with E-state index in [0.717, 1.165) is 4.90 Å². The second-order valence-corrected chi connectivity index (χ2v) is 6.16. The number of benzene rings is 1. The average molecular weight is 347 g/mol. The van der Waals surface area contributed by atoms with Gasteiger partial charge in [0, 0.05) is 12.1 Å². The van der Waals surface area contributed by atoms with Crippen molar-refractivity contribution < 1.29 is 24.2 Å². The van der Waals surface area contributed by atoms with Crippen molar-refractivity contribution in [2.24, 2.45) is 0 Å². The number of hydrogen-bond donors (Lipinski definition) is 2. The molecule has 1 aliphatic heterocycles. The molecule has 1 aromatic heterocycles. The minimum atomic E-state index is -1.07. The summed E-state index contributed by atoms with van der Waals surface area (Å²) in [5, 5.41) is 21.1. The summed E-state index contributed by atoms with van der Waals surface area (Å²) in [5.41, 5.74) is -0.0655. The molecule has 0 aliphatic carbocycles. The molecule has 1 aromatic carbocycles.